The highest BCUT2D eigenvalue weighted by molar-refractivity contribution is 6.42. The zero-order chi connectivity index (χ0) is 13.7. The van der Waals surface area contributed by atoms with Gasteiger partial charge in [0.15, 0.2) is 0 Å². The molecule has 0 radical (unpaired) electrons. The average molecular weight is 291 g/mol. The Hall–Kier alpha value is -0.810. The van der Waals surface area contributed by atoms with Gasteiger partial charge in [-0.25, -0.2) is 0 Å². The Bertz CT molecular complexity index is 423. The zero-order valence-corrected chi connectivity index (χ0v) is 11.8. The number of nitrogens with one attached hydrogen (secondary N) is 1. The molecule has 0 spiro atoms. The number of methoxy groups -OCH3 is 1. The van der Waals surface area contributed by atoms with Gasteiger partial charge in [-0.1, -0.05) is 29.3 Å². The van der Waals surface area contributed by atoms with Crippen molar-refractivity contribution in [2.75, 3.05) is 13.7 Å². The van der Waals surface area contributed by atoms with Crippen molar-refractivity contribution in [2.45, 2.75) is 19.1 Å². The quantitative estimate of drug-likeness (QED) is 0.873. The molecule has 6 heteroatoms. The molecule has 3 N–H and O–H groups in total. The Labute approximate surface area is 116 Å². The molecule has 0 bridgehead atoms. The number of carbonyl (C=O) groups is 1. The van der Waals surface area contributed by atoms with Gasteiger partial charge in [0, 0.05) is 13.7 Å². The maximum Gasteiger partial charge on any atom is 0.250 e. The highest BCUT2D eigenvalue weighted by Crippen LogP contribution is 2.25. The van der Waals surface area contributed by atoms with Gasteiger partial charge in [0.25, 0.3) is 5.91 Å². The van der Waals surface area contributed by atoms with Crippen LogP contribution in [0.3, 0.4) is 0 Å². The zero-order valence-electron chi connectivity index (χ0n) is 10.2. The van der Waals surface area contributed by atoms with E-state index in [9.17, 15) is 4.79 Å². The Morgan fingerprint density at radius 3 is 2.61 bits per heavy atom. The Morgan fingerprint density at radius 2 is 2.11 bits per heavy atom. The van der Waals surface area contributed by atoms with Crippen LogP contribution in [0, 0.1) is 0 Å². The number of benzene rings is 1. The number of ether oxygens (including phenoxy) is 1. The van der Waals surface area contributed by atoms with Crippen molar-refractivity contribution in [1.82, 2.24) is 5.32 Å². The van der Waals surface area contributed by atoms with E-state index in [1.54, 1.807) is 12.1 Å². The molecule has 0 aliphatic heterocycles. The lowest BCUT2D eigenvalue weighted by Crippen LogP contribution is -2.41. The molecule has 2 unspecified atom stereocenters. The van der Waals surface area contributed by atoms with Crippen LogP contribution in [0.1, 0.15) is 18.5 Å². The topological polar surface area (TPSA) is 64.3 Å². The van der Waals surface area contributed by atoms with E-state index in [4.69, 9.17) is 33.7 Å². The number of carbonyl (C=O) groups excluding carboxylic acids is 1. The lowest BCUT2D eigenvalue weighted by molar-refractivity contribution is -0.131. The van der Waals surface area contributed by atoms with E-state index in [0.29, 0.717) is 10.0 Å². The summed E-state index contributed by atoms with van der Waals surface area (Å²) in [4.78, 5) is 11.8. The molecule has 2 atom stereocenters. The SMILES string of the molecule is COC(CN)C(=O)NC(C)c1ccc(Cl)c(Cl)c1. The van der Waals surface area contributed by atoms with Crippen molar-refractivity contribution in [3.63, 3.8) is 0 Å². The van der Waals surface area contributed by atoms with E-state index in [1.807, 2.05) is 13.0 Å². The summed E-state index contributed by atoms with van der Waals surface area (Å²) in [5.41, 5.74) is 6.28. The minimum absolute atomic E-state index is 0.135. The number of nitrogens with two attached hydrogens (primary N) is 1. The highest BCUT2D eigenvalue weighted by atomic mass is 35.5. The summed E-state index contributed by atoms with van der Waals surface area (Å²) in [7, 11) is 1.45. The minimum atomic E-state index is -0.643. The first kappa shape index (κ1) is 15.2. The first-order valence-electron chi connectivity index (χ1n) is 5.47. The van der Waals surface area contributed by atoms with Crippen LogP contribution < -0.4 is 11.1 Å². The molecule has 0 heterocycles. The third kappa shape index (κ3) is 3.85. The molecule has 1 rings (SSSR count). The molecule has 0 fully saturated rings. The van der Waals surface area contributed by atoms with Crippen LogP contribution in [0.4, 0.5) is 0 Å². The van der Waals surface area contributed by atoms with Gasteiger partial charge in [-0.2, -0.15) is 0 Å². The number of rotatable bonds is 5. The van der Waals surface area contributed by atoms with E-state index >= 15 is 0 Å². The molecule has 1 aromatic rings. The number of amides is 1. The van der Waals surface area contributed by atoms with Crippen molar-refractivity contribution in [1.29, 1.82) is 0 Å². The van der Waals surface area contributed by atoms with Crippen molar-refractivity contribution in [2.24, 2.45) is 5.73 Å². The lowest BCUT2D eigenvalue weighted by atomic mass is 10.1. The molecule has 0 saturated carbocycles. The van der Waals surface area contributed by atoms with Crippen molar-refractivity contribution < 1.29 is 9.53 Å². The summed E-state index contributed by atoms with van der Waals surface area (Å²) in [6, 6.07) is 5.03. The van der Waals surface area contributed by atoms with Crippen LogP contribution in [0.15, 0.2) is 18.2 Å². The van der Waals surface area contributed by atoms with Crippen LogP contribution in [0.2, 0.25) is 10.0 Å². The molecule has 0 saturated heterocycles. The molecular weight excluding hydrogens is 275 g/mol. The van der Waals surface area contributed by atoms with Gasteiger partial charge in [0.1, 0.15) is 6.10 Å². The molecule has 1 aromatic carbocycles. The largest absolute Gasteiger partial charge is 0.370 e. The minimum Gasteiger partial charge on any atom is -0.370 e. The fourth-order valence-corrected chi connectivity index (χ4v) is 1.79. The third-order valence-corrected chi connectivity index (χ3v) is 3.33. The Kier molecular flexibility index (Phi) is 5.88. The molecule has 0 aromatic heterocycles. The second-order valence-electron chi connectivity index (χ2n) is 3.86. The maximum atomic E-state index is 11.8. The predicted octanol–water partition coefficient (Wildman–Crippen LogP) is 2.14. The predicted molar refractivity (Wildman–Crippen MR) is 72.9 cm³/mol. The van der Waals surface area contributed by atoms with E-state index in [0.717, 1.165) is 5.56 Å². The number of halogens is 2. The lowest BCUT2D eigenvalue weighted by Gasteiger charge is -2.18. The second-order valence-corrected chi connectivity index (χ2v) is 4.68. The van der Waals surface area contributed by atoms with Crippen molar-refractivity contribution in [3.8, 4) is 0 Å². The van der Waals surface area contributed by atoms with Crippen LogP contribution in [0.5, 0.6) is 0 Å². The summed E-state index contributed by atoms with van der Waals surface area (Å²) in [6.07, 6.45) is -0.643. The molecular formula is C12H16Cl2N2O2. The van der Waals surface area contributed by atoms with Crippen molar-refractivity contribution in [3.05, 3.63) is 33.8 Å². The summed E-state index contributed by atoms with van der Waals surface area (Å²) in [5, 5.41) is 3.74. The maximum absolute atomic E-state index is 11.8. The van der Waals surface area contributed by atoms with Gasteiger partial charge in [-0.15, -0.1) is 0 Å². The first-order valence-corrected chi connectivity index (χ1v) is 6.23. The fraction of sp³-hybridized carbons (Fsp3) is 0.417. The number of hydrogen-bond acceptors (Lipinski definition) is 3. The fourth-order valence-electron chi connectivity index (χ4n) is 1.48. The van der Waals surface area contributed by atoms with E-state index < -0.39 is 6.10 Å². The Morgan fingerprint density at radius 1 is 1.44 bits per heavy atom. The molecule has 0 aliphatic rings. The van der Waals surface area contributed by atoms with Crippen LogP contribution in [-0.4, -0.2) is 25.7 Å². The monoisotopic (exact) mass is 290 g/mol. The van der Waals surface area contributed by atoms with Gasteiger partial charge in [0.05, 0.1) is 16.1 Å². The molecule has 4 nitrogen and oxygen atoms in total. The molecule has 0 aliphatic carbocycles. The van der Waals surface area contributed by atoms with Gasteiger partial charge in [-0.05, 0) is 24.6 Å². The molecule has 100 valence electrons. The average Bonchev–Trinajstić information content (AvgIpc) is 2.34. The molecule has 1 amide bonds. The van der Waals surface area contributed by atoms with Crippen LogP contribution >= 0.6 is 23.2 Å². The summed E-state index contributed by atoms with van der Waals surface area (Å²) >= 11 is 11.8. The second kappa shape index (κ2) is 6.95. The van der Waals surface area contributed by atoms with Crippen LogP contribution in [0.25, 0.3) is 0 Å². The third-order valence-electron chi connectivity index (χ3n) is 2.59. The van der Waals surface area contributed by atoms with Crippen molar-refractivity contribution >= 4 is 29.1 Å². The van der Waals surface area contributed by atoms with Gasteiger partial charge in [0.2, 0.25) is 0 Å². The van der Waals surface area contributed by atoms with Gasteiger partial charge < -0.3 is 15.8 Å². The first-order chi connectivity index (χ1) is 8.49. The van der Waals surface area contributed by atoms with Gasteiger partial charge in [-0.3, -0.25) is 4.79 Å². The normalized spacial score (nSPS) is 14.1. The smallest absolute Gasteiger partial charge is 0.250 e. The standard InChI is InChI=1S/C12H16Cl2N2O2/c1-7(16-12(17)11(6-15)18-2)8-3-4-9(13)10(14)5-8/h3-5,7,11H,6,15H2,1-2H3,(H,16,17). The number of hydrogen-bond donors (Lipinski definition) is 2. The molecule has 18 heavy (non-hydrogen) atoms. The summed E-state index contributed by atoms with van der Waals surface area (Å²) in [6.45, 7) is 1.98. The van der Waals surface area contributed by atoms with Gasteiger partial charge >= 0.3 is 0 Å². The van der Waals surface area contributed by atoms with E-state index in [2.05, 4.69) is 5.32 Å². The van der Waals surface area contributed by atoms with Crippen LogP contribution in [-0.2, 0) is 9.53 Å². The highest BCUT2D eigenvalue weighted by Gasteiger charge is 2.18. The summed E-state index contributed by atoms with van der Waals surface area (Å²) in [5.74, 6) is -0.251. The van der Waals surface area contributed by atoms with E-state index in [1.165, 1.54) is 7.11 Å². The Balaban J connectivity index is 2.73. The van der Waals surface area contributed by atoms with E-state index in [-0.39, 0.29) is 18.5 Å². The summed E-state index contributed by atoms with van der Waals surface area (Å²) < 4.78 is 4.96.